The van der Waals surface area contributed by atoms with Gasteiger partial charge in [-0.3, -0.25) is 4.79 Å². The second-order valence-corrected chi connectivity index (χ2v) is 10.4. The SMILES string of the molecule is NCCOCCOCCNC(=O)Cc1ccc(Nc2nc(NCCCn3ccnc3)nc(NC3CCC(O)CC3)n2)cc1. The predicted octanol–water partition coefficient (Wildman–Crippen LogP) is 1.68. The van der Waals surface area contributed by atoms with Gasteiger partial charge in [-0.25, -0.2) is 4.98 Å². The first-order valence-electron chi connectivity index (χ1n) is 15.0. The van der Waals surface area contributed by atoms with Crippen LogP contribution in [0.25, 0.3) is 0 Å². The maximum atomic E-state index is 12.3. The molecular formula is C29H44N10O4. The van der Waals surface area contributed by atoms with Crippen molar-refractivity contribution in [3.8, 4) is 0 Å². The van der Waals surface area contributed by atoms with Gasteiger partial charge in [-0.15, -0.1) is 0 Å². The molecule has 0 aliphatic heterocycles. The Kier molecular flexibility index (Phi) is 13.4. The molecule has 0 bridgehead atoms. The van der Waals surface area contributed by atoms with Gasteiger partial charge in [0.25, 0.3) is 0 Å². The standard InChI is InChI=1S/C29H44N10O4/c30-10-16-42-18-19-43-17-13-32-26(41)20-22-2-4-23(5-3-22)34-28-36-27(33-11-1-14-39-15-12-31-21-39)37-29(38-28)35-24-6-8-25(40)9-7-24/h2-5,12,15,21,24-25,40H,1,6-11,13-14,16-20,30H2,(H,32,41)(H3,33,34,35,36,37,38). The molecule has 14 heteroatoms. The van der Waals surface area contributed by atoms with Gasteiger partial charge in [0.2, 0.25) is 23.8 Å². The van der Waals surface area contributed by atoms with E-state index < -0.39 is 0 Å². The Morgan fingerprint density at radius 2 is 1.70 bits per heavy atom. The summed E-state index contributed by atoms with van der Waals surface area (Å²) in [5.74, 6) is 1.29. The normalized spacial score (nSPS) is 16.5. The molecule has 2 aromatic heterocycles. The van der Waals surface area contributed by atoms with Gasteiger partial charge in [0.1, 0.15) is 0 Å². The minimum Gasteiger partial charge on any atom is -0.393 e. The lowest BCUT2D eigenvalue weighted by Crippen LogP contribution is -2.29. The van der Waals surface area contributed by atoms with Crippen LogP contribution in [0.4, 0.5) is 23.5 Å². The van der Waals surface area contributed by atoms with Gasteiger partial charge in [0.15, 0.2) is 0 Å². The van der Waals surface area contributed by atoms with Gasteiger partial charge in [-0.2, -0.15) is 15.0 Å². The lowest BCUT2D eigenvalue weighted by molar-refractivity contribution is -0.120. The van der Waals surface area contributed by atoms with Gasteiger partial charge < -0.3 is 46.1 Å². The molecule has 0 spiro atoms. The minimum atomic E-state index is -0.235. The zero-order chi connectivity index (χ0) is 30.1. The molecule has 0 unspecified atom stereocenters. The number of nitrogens with two attached hydrogens (primary N) is 1. The first-order chi connectivity index (χ1) is 21.1. The molecule has 7 N–H and O–H groups in total. The summed E-state index contributed by atoms with van der Waals surface area (Å²) in [5.41, 5.74) is 7.04. The smallest absolute Gasteiger partial charge is 0.233 e. The number of imidazole rings is 1. The van der Waals surface area contributed by atoms with Crippen LogP contribution in [0.5, 0.6) is 0 Å². The zero-order valence-corrected chi connectivity index (χ0v) is 24.6. The lowest BCUT2D eigenvalue weighted by atomic mass is 9.93. The van der Waals surface area contributed by atoms with E-state index in [4.69, 9.17) is 15.2 Å². The number of aliphatic hydroxyl groups excluding tert-OH is 1. The van der Waals surface area contributed by atoms with Gasteiger partial charge in [0, 0.05) is 50.3 Å². The second kappa shape index (κ2) is 18.0. The summed E-state index contributed by atoms with van der Waals surface area (Å²) >= 11 is 0. The second-order valence-electron chi connectivity index (χ2n) is 10.4. The number of ether oxygens (including phenoxy) is 2. The molecule has 4 rings (SSSR count). The third-order valence-corrected chi connectivity index (χ3v) is 6.88. The number of rotatable bonds is 19. The number of nitrogens with zero attached hydrogens (tertiary/aromatic N) is 5. The molecule has 1 aliphatic rings. The molecule has 0 saturated heterocycles. The number of hydrogen-bond acceptors (Lipinski definition) is 12. The number of amides is 1. The van der Waals surface area contributed by atoms with E-state index in [2.05, 4.69) is 41.2 Å². The molecule has 1 saturated carbocycles. The maximum absolute atomic E-state index is 12.3. The number of aromatic nitrogens is 5. The van der Waals surface area contributed by atoms with Gasteiger partial charge in [0.05, 0.1) is 45.3 Å². The molecule has 3 aromatic rings. The maximum Gasteiger partial charge on any atom is 0.233 e. The van der Waals surface area contributed by atoms with Crippen LogP contribution >= 0.6 is 0 Å². The summed E-state index contributed by atoms with van der Waals surface area (Å²) in [5, 5.41) is 22.7. The molecule has 1 aromatic carbocycles. The van der Waals surface area contributed by atoms with E-state index in [9.17, 15) is 9.90 Å². The fraction of sp³-hybridized carbons (Fsp3) is 0.552. The lowest BCUT2D eigenvalue weighted by Gasteiger charge is -2.26. The topological polar surface area (TPSA) is 186 Å². The van der Waals surface area contributed by atoms with Gasteiger partial charge in [-0.05, 0) is 49.8 Å². The molecule has 0 radical (unpaired) electrons. The Morgan fingerprint density at radius 1 is 0.953 bits per heavy atom. The fourth-order valence-electron chi connectivity index (χ4n) is 4.61. The summed E-state index contributed by atoms with van der Waals surface area (Å²) in [7, 11) is 0. The van der Waals surface area contributed by atoms with Crippen molar-refractivity contribution in [2.24, 2.45) is 5.73 Å². The number of nitrogens with one attached hydrogen (secondary N) is 4. The highest BCUT2D eigenvalue weighted by molar-refractivity contribution is 5.78. The number of carbonyl (C=O) groups excluding carboxylic acids is 1. The third-order valence-electron chi connectivity index (χ3n) is 6.88. The molecule has 14 nitrogen and oxygen atoms in total. The molecule has 43 heavy (non-hydrogen) atoms. The predicted molar refractivity (Wildman–Crippen MR) is 164 cm³/mol. The molecule has 0 atom stereocenters. The van der Waals surface area contributed by atoms with E-state index >= 15 is 0 Å². The summed E-state index contributed by atoms with van der Waals surface area (Å²) in [6.07, 6.45) is 9.64. The third kappa shape index (κ3) is 12.1. The van der Waals surface area contributed by atoms with E-state index in [1.807, 2.05) is 35.0 Å². The number of carbonyl (C=O) groups is 1. The van der Waals surface area contributed by atoms with Crippen LogP contribution in [0.1, 0.15) is 37.7 Å². The number of aliphatic hydroxyl groups is 1. The van der Waals surface area contributed by atoms with E-state index in [0.29, 0.717) is 63.9 Å². The summed E-state index contributed by atoms with van der Waals surface area (Å²) in [6.45, 7) is 4.34. The molecule has 234 valence electrons. The van der Waals surface area contributed by atoms with Gasteiger partial charge >= 0.3 is 0 Å². The van der Waals surface area contributed by atoms with Crippen LogP contribution in [0, 0.1) is 0 Å². The number of hydrogen-bond donors (Lipinski definition) is 6. The van der Waals surface area contributed by atoms with Crippen molar-refractivity contribution >= 4 is 29.4 Å². The number of aryl methyl sites for hydroxylation is 1. The number of benzene rings is 1. The first-order valence-corrected chi connectivity index (χ1v) is 15.0. The van der Waals surface area contributed by atoms with Crippen LogP contribution in [0.15, 0.2) is 43.0 Å². The van der Waals surface area contributed by atoms with Crippen molar-refractivity contribution in [1.29, 1.82) is 0 Å². The largest absolute Gasteiger partial charge is 0.393 e. The van der Waals surface area contributed by atoms with E-state index in [1.165, 1.54) is 0 Å². The Balaban J connectivity index is 1.27. The molecule has 1 aliphatic carbocycles. The summed E-state index contributed by atoms with van der Waals surface area (Å²) < 4.78 is 12.7. The average molecular weight is 597 g/mol. The average Bonchev–Trinajstić information content (AvgIpc) is 3.53. The Bertz CT molecular complexity index is 1200. The van der Waals surface area contributed by atoms with Crippen LogP contribution in [0.2, 0.25) is 0 Å². The molecule has 2 heterocycles. The highest BCUT2D eigenvalue weighted by atomic mass is 16.5. The van der Waals surface area contributed by atoms with Crippen molar-refractivity contribution in [3.63, 3.8) is 0 Å². The molecule has 1 amide bonds. The summed E-state index contributed by atoms with van der Waals surface area (Å²) in [6, 6.07) is 7.78. The molecular weight excluding hydrogens is 552 g/mol. The monoisotopic (exact) mass is 596 g/mol. The Hall–Kier alpha value is -3.85. The van der Waals surface area contributed by atoms with Crippen molar-refractivity contribution < 1.29 is 19.4 Å². The fourth-order valence-corrected chi connectivity index (χ4v) is 4.61. The number of anilines is 4. The highest BCUT2D eigenvalue weighted by Crippen LogP contribution is 2.22. The van der Waals surface area contributed by atoms with Crippen molar-refractivity contribution in [2.45, 2.75) is 57.2 Å². The van der Waals surface area contributed by atoms with E-state index in [0.717, 1.165) is 49.9 Å². The molecule has 1 fully saturated rings. The van der Waals surface area contributed by atoms with E-state index in [-0.39, 0.29) is 24.5 Å². The Morgan fingerprint density at radius 3 is 2.44 bits per heavy atom. The Labute approximate surface area is 252 Å². The van der Waals surface area contributed by atoms with Crippen molar-refractivity contribution in [3.05, 3.63) is 48.5 Å². The summed E-state index contributed by atoms with van der Waals surface area (Å²) in [4.78, 5) is 30.2. The van der Waals surface area contributed by atoms with E-state index in [1.54, 1.807) is 12.5 Å². The zero-order valence-electron chi connectivity index (χ0n) is 24.6. The van der Waals surface area contributed by atoms with Crippen molar-refractivity contribution in [1.82, 2.24) is 29.8 Å². The van der Waals surface area contributed by atoms with Gasteiger partial charge in [-0.1, -0.05) is 12.1 Å². The quantitative estimate of drug-likeness (QED) is 0.110. The van der Waals surface area contributed by atoms with Crippen LogP contribution in [-0.4, -0.2) is 93.7 Å². The van der Waals surface area contributed by atoms with Crippen LogP contribution < -0.4 is 27.0 Å². The van der Waals surface area contributed by atoms with Crippen LogP contribution in [0.3, 0.4) is 0 Å². The van der Waals surface area contributed by atoms with Crippen molar-refractivity contribution in [2.75, 3.05) is 62.0 Å². The minimum absolute atomic E-state index is 0.0733. The van der Waals surface area contributed by atoms with Crippen LogP contribution in [-0.2, 0) is 27.2 Å². The first kappa shape index (κ1) is 32.1. The highest BCUT2D eigenvalue weighted by Gasteiger charge is 2.20.